The van der Waals surface area contributed by atoms with Crippen LogP contribution < -0.4 is 5.32 Å². The van der Waals surface area contributed by atoms with Crippen LogP contribution in [0, 0.1) is 11.8 Å². The molecule has 0 bridgehead atoms. The summed E-state index contributed by atoms with van der Waals surface area (Å²) in [5.74, 6) is -1.93. The number of aliphatic imine (C=N–C) groups is 1. The molecular formula is C20H28N4O4S. The first-order valence-corrected chi connectivity index (χ1v) is 11.0. The van der Waals surface area contributed by atoms with Crippen LogP contribution in [0.1, 0.15) is 26.7 Å². The second-order valence-electron chi connectivity index (χ2n) is 8.52. The third-order valence-corrected chi connectivity index (χ3v) is 7.78. The van der Waals surface area contributed by atoms with Crippen molar-refractivity contribution in [2.24, 2.45) is 16.8 Å². The number of hydrogen-bond acceptors (Lipinski definition) is 7. The van der Waals surface area contributed by atoms with Crippen LogP contribution in [0.4, 0.5) is 0 Å². The number of hydrogen-bond donors (Lipinski definition) is 3. The van der Waals surface area contributed by atoms with Crippen LogP contribution in [0.5, 0.6) is 0 Å². The number of β-lactam (4-membered cyclic amide) rings is 1. The van der Waals surface area contributed by atoms with Gasteiger partial charge in [-0.15, -0.1) is 11.8 Å². The third-order valence-electron chi connectivity index (χ3n) is 6.27. The Bertz CT molecular complexity index is 808. The van der Waals surface area contributed by atoms with Gasteiger partial charge in [-0.3, -0.25) is 4.79 Å². The van der Waals surface area contributed by atoms with Crippen LogP contribution in [0.3, 0.4) is 0 Å². The van der Waals surface area contributed by atoms with Gasteiger partial charge in [0.15, 0.2) is 0 Å². The first-order chi connectivity index (χ1) is 13.8. The number of nitrogens with zero attached hydrogens (tertiary/aromatic N) is 3. The summed E-state index contributed by atoms with van der Waals surface area (Å²) in [7, 11) is 2.00. The Morgan fingerprint density at radius 3 is 2.90 bits per heavy atom. The molecule has 4 rings (SSSR count). The third kappa shape index (κ3) is 3.60. The van der Waals surface area contributed by atoms with Gasteiger partial charge < -0.3 is 25.3 Å². The standard InChI is InChI=1S/C20H28N4O4S/c1-10-16-15(11(2)25)19(26)24(16)17(20(27)28)18(10)29-14-5-13(22-7-14)4-12-6-21-9-23(3)8-12/h6,9-11,13-16,22,25H,4-5,7-8H2,1-3H3,(H,27,28)/t10-,11-,13+,14+,15-,16-/m1/s1. The summed E-state index contributed by atoms with van der Waals surface area (Å²) in [5.41, 5.74) is 1.40. The lowest BCUT2D eigenvalue weighted by Crippen LogP contribution is -2.63. The van der Waals surface area contributed by atoms with Crippen molar-refractivity contribution in [2.75, 3.05) is 20.1 Å². The van der Waals surface area contributed by atoms with Crippen LogP contribution in [0.25, 0.3) is 0 Å². The number of fused-ring (bicyclic) bond motifs is 1. The van der Waals surface area contributed by atoms with Gasteiger partial charge in [0, 0.05) is 48.5 Å². The van der Waals surface area contributed by atoms with E-state index in [1.54, 1.807) is 18.7 Å². The van der Waals surface area contributed by atoms with E-state index in [9.17, 15) is 19.8 Å². The number of aliphatic hydroxyl groups excluding tert-OH is 1. The van der Waals surface area contributed by atoms with Gasteiger partial charge in [0.05, 0.1) is 24.4 Å². The summed E-state index contributed by atoms with van der Waals surface area (Å²) >= 11 is 1.59. The number of amides is 1. The van der Waals surface area contributed by atoms with E-state index in [2.05, 4.69) is 15.2 Å². The zero-order chi connectivity index (χ0) is 20.9. The predicted octanol–water partition coefficient (Wildman–Crippen LogP) is 0.852. The minimum atomic E-state index is -1.06. The largest absolute Gasteiger partial charge is 0.477 e. The average Bonchev–Trinajstić information content (AvgIpc) is 3.16. The molecule has 6 atom stereocenters. The number of nitrogens with one attached hydrogen (secondary N) is 1. The Hall–Kier alpha value is -1.84. The lowest BCUT2D eigenvalue weighted by atomic mass is 9.79. The van der Waals surface area contributed by atoms with Gasteiger partial charge in [0.1, 0.15) is 5.70 Å². The minimum Gasteiger partial charge on any atom is -0.477 e. The molecule has 4 aliphatic rings. The number of carboxylic acids is 1. The van der Waals surface area contributed by atoms with Gasteiger partial charge in [0.2, 0.25) is 5.91 Å². The lowest BCUT2D eigenvalue weighted by Gasteiger charge is -2.46. The average molecular weight is 421 g/mol. The summed E-state index contributed by atoms with van der Waals surface area (Å²) in [4.78, 5) is 32.9. The molecule has 0 aromatic carbocycles. The molecule has 0 aromatic rings. The highest BCUT2D eigenvalue weighted by Gasteiger charge is 2.60. The van der Waals surface area contributed by atoms with E-state index in [1.165, 1.54) is 10.5 Å². The Kier molecular flexibility index (Phi) is 5.48. The lowest BCUT2D eigenvalue weighted by molar-refractivity contribution is -0.163. The first kappa shape index (κ1) is 20.4. The molecule has 9 heteroatoms. The van der Waals surface area contributed by atoms with Crippen LogP contribution in [-0.2, 0) is 9.59 Å². The van der Waals surface area contributed by atoms with E-state index in [1.807, 2.05) is 26.5 Å². The Labute approximate surface area is 174 Å². The fourth-order valence-electron chi connectivity index (χ4n) is 4.97. The maximum Gasteiger partial charge on any atom is 0.353 e. The van der Waals surface area contributed by atoms with Crippen molar-refractivity contribution in [3.8, 4) is 0 Å². The van der Waals surface area contributed by atoms with Crippen LogP contribution >= 0.6 is 11.8 Å². The predicted molar refractivity (Wildman–Crippen MR) is 111 cm³/mol. The van der Waals surface area contributed by atoms with Gasteiger partial charge in [-0.25, -0.2) is 9.79 Å². The molecule has 0 saturated carbocycles. The molecule has 2 fully saturated rings. The number of carbonyl (C=O) groups is 2. The molecule has 3 N–H and O–H groups in total. The van der Waals surface area contributed by atoms with Gasteiger partial charge in [-0.1, -0.05) is 6.92 Å². The molecular weight excluding hydrogens is 392 g/mol. The van der Waals surface area contributed by atoms with E-state index < -0.39 is 18.0 Å². The van der Waals surface area contributed by atoms with Gasteiger partial charge in [0.25, 0.3) is 0 Å². The van der Waals surface area contributed by atoms with Crippen molar-refractivity contribution in [1.29, 1.82) is 0 Å². The van der Waals surface area contributed by atoms with Crippen LogP contribution in [0.15, 0.2) is 27.4 Å². The zero-order valence-electron chi connectivity index (χ0n) is 16.9. The Morgan fingerprint density at radius 2 is 2.24 bits per heavy atom. The molecule has 4 heterocycles. The summed E-state index contributed by atoms with van der Waals surface area (Å²) in [6, 6.07) is 0.0944. The topological polar surface area (TPSA) is 105 Å². The molecule has 0 aliphatic carbocycles. The minimum absolute atomic E-state index is 0.0773. The van der Waals surface area contributed by atoms with Crippen molar-refractivity contribution in [1.82, 2.24) is 15.1 Å². The number of carboxylic acid groups (broad SMARTS) is 1. The monoisotopic (exact) mass is 420 g/mol. The van der Waals surface area contributed by atoms with Crippen molar-refractivity contribution in [2.45, 2.75) is 50.1 Å². The van der Waals surface area contributed by atoms with E-state index in [0.717, 1.165) is 30.8 Å². The molecule has 0 spiro atoms. The van der Waals surface area contributed by atoms with Crippen molar-refractivity contribution in [3.05, 3.63) is 22.4 Å². The summed E-state index contributed by atoms with van der Waals surface area (Å²) in [6.45, 7) is 5.26. The molecule has 158 valence electrons. The zero-order valence-corrected chi connectivity index (χ0v) is 17.7. The molecule has 0 unspecified atom stereocenters. The van der Waals surface area contributed by atoms with Gasteiger partial charge in [-0.05, 0) is 25.3 Å². The number of likely N-dealkylation sites (N-methyl/N-ethyl adjacent to an activating group) is 1. The van der Waals surface area contributed by atoms with Crippen LogP contribution in [0.2, 0.25) is 0 Å². The second-order valence-corrected chi connectivity index (χ2v) is 9.87. The van der Waals surface area contributed by atoms with Gasteiger partial charge >= 0.3 is 5.97 Å². The van der Waals surface area contributed by atoms with E-state index >= 15 is 0 Å². The highest BCUT2D eigenvalue weighted by atomic mass is 32.2. The number of thioether (sulfide) groups is 1. The van der Waals surface area contributed by atoms with E-state index in [-0.39, 0.29) is 28.8 Å². The Balaban J connectivity index is 1.44. The SMILES string of the molecule is C[C@@H](O)[C@H]1C(=O)N2C(C(=O)O)=C(S[C@@H]3CN[C@@H](CC4=CN=CN(C)C4)C3)[C@H](C)[C@H]12. The van der Waals surface area contributed by atoms with Crippen molar-refractivity contribution < 1.29 is 19.8 Å². The first-order valence-electron chi connectivity index (χ1n) is 10.1. The highest BCUT2D eigenvalue weighted by molar-refractivity contribution is 8.03. The molecule has 4 aliphatic heterocycles. The van der Waals surface area contributed by atoms with Crippen LogP contribution in [-0.4, -0.2) is 81.8 Å². The van der Waals surface area contributed by atoms with Crippen molar-refractivity contribution in [3.63, 3.8) is 0 Å². The fourth-order valence-corrected chi connectivity index (χ4v) is 6.49. The molecule has 29 heavy (non-hydrogen) atoms. The number of aliphatic hydroxyl groups is 1. The number of rotatable bonds is 6. The van der Waals surface area contributed by atoms with E-state index in [4.69, 9.17) is 0 Å². The fraction of sp³-hybridized carbons (Fsp3) is 0.650. The Morgan fingerprint density at radius 1 is 1.48 bits per heavy atom. The van der Waals surface area contributed by atoms with E-state index in [0.29, 0.717) is 6.04 Å². The summed E-state index contributed by atoms with van der Waals surface area (Å²) in [5, 5.41) is 23.5. The normalized spacial score (nSPS) is 35.0. The molecule has 8 nitrogen and oxygen atoms in total. The quantitative estimate of drug-likeness (QED) is 0.547. The number of carbonyl (C=O) groups excluding carboxylic acids is 1. The molecule has 0 aromatic heterocycles. The maximum atomic E-state index is 12.5. The summed E-state index contributed by atoms with van der Waals surface area (Å²) < 4.78 is 0. The second kappa shape index (κ2) is 7.77. The highest BCUT2D eigenvalue weighted by Crippen LogP contribution is 2.51. The smallest absolute Gasteiger partial charge is 0.353 e. The molecule has 2 saturated heterocycles. The number of aliphatic carboxylic acids is 1. The summed E-state index contributed by atoms with van der Waals surface area (Å²) in [6.07, 6.45) is 4.84. The maximum absolute atomic E-state index is 12.5. The van der Waals surface area contributed by atoms with Gasteiger partial charge in [-0.2, -0.15) is 0 Å². The molecule has 1 amide bonds. The van der Waals surface area contributed by atoms with Crippen molar-refractivity contribution >= 4 is 30.0 Å². The molecule has 0 radical (unpaired) electrons.